The van der Waals surface area contributed by atoms with Crippen molar-refractivity contribution in [3.05, 3.63) is 75.8 Å². The van der Waals surface area contributed by atoms with Gasteiger partial charge >= 0.3 is 0 Å². The summed E-state index contributed by atoms with van der Waals surface area (Å²) in [6.45, 7) is 0. The van der Waals surface area contributed by atoms with Crippen LogP contribution in [0.2, 0.25) is 0 Å². The topological polar surface area (TPSA) is 97.5 Å². The first-order chi connectivity index (χ1) is 9.89. The van der Waals surface area contributed by atoms with E-state index in [0.717, 1.165) is 0 Å². The smallest absolute Gasteiger partial charge is 0.272 e. The molecule has 1 N–H and O–H groups in total. The van der Waals surface area contributed by atoms with Gasteiger partial charge in [-0.25, -0.2) is 0 Å². The van der Waals surface area contributed by atoms with E-state index >= 15 is 0 Å². The molecule has 1 unspecified atom stereocenters. The maximum Gasteiger partial charge on any atom is 0.272 e. The lowest BCUT2D eigenvalue weighted by Gasteiger charge is -2.14. The van der Waals surface area contributed by atoms with Crippen molar-refractivity contribution < 1.29 is 17.9 Å². The monoisotopic (exact) mass is 307 g/mol. The molecule has 0 aromatic heterocycles. The molecule has 0 fully saturated rings. The Labute approximate surface area is 121 Å². The molecule has 110 valence electrons. The summed E-state index contributed by atoms with van der Waals surface area (Å²) in [5, 5.41) is 9.75. The van der Waals surface area contributed by atoms with Crippen LogP contribution in [-0.4, -0.2) is 17.9 Å². The maximum absolute atomic E-state index is 11.6. The van der Waals surface area contributed by atoms with Crippen LogP contribution in [0.4, 0.5) is 5.69 Å². The molecule has 1 atom stereocenters. The Bertz CT molecular complexity index is 743. The van der Waals surface area contributed by atoms with Crippen molar-refractivity contribution in [1.29, 1.82) is 0 Å². The summed E-state index contributed by atoms with van der Waals surface area (Å²) >= 11 is 0. The molecule has 0 aliphatic heterocycles. The molecule has 7 heteroatoms. The first-order valence-electron chi connectivity index (χ1n) is 6.13. The molecule has 0 bridgehead atoms. The lowest BCUT2D eigenvalue weighted by molar-refractivity contribution is -0.385. The van der Waals surface area contributed by atoms with Crippen LogP contribution >= 0.6 is 0 Å². The fourth-order valence-electron chi connectivity index (χ4n) is 2.12. The van der Waals surface area contributed by atoms with Crippen molar-refractivity contribution in [2.24, 2.45) is 0 Å². The lowest BCUT2D eigenvalue weighted by Crippen LogP contribution is -2.15. The number of nitro benzene ring substituents is 1. The summed E-state index contributed by atoms with van der Waals surface area (Å²) in [6.07, 6.45) is -0.167. The van der Waals surface area contributed by atoms with Gasteiger partial charge in [-0.3, -0.25) is 14.7 Å². The van der Waals surface area contributed by atoms with Gasteiger partial charge in [0, 0.05) is 18.1 Å². The summed E-state index contributed by atoms with van der Waals surface area (Å²) in [5.41, 5.74) is 0.481. The number of rotatable bonds is 5. The van der Waals surface area contributed by atoms with E-state index < -0.39 is 20.3 Å². The summed E-state index contributed by atoms with van der Waals surface area (Å²) < 4.78 is 32.6. The zero-order valence-corrected chi connectivity index (χ0v) is 11.7. The second-order valence-electron chi connectivity index (χ2n) is 4.50. The Hall–Kier alpha value is -2.25. The normalized spacial score (nSPS) is 12.8. The van der Waals surface area contributed by atoms with Crippen molar-refractivity contribution in [3.8, 4) is 0 Å². The van der Waals surface area contributed by atoms with Gasteiger partial charge in [-0.15, -0.1) is 0 Å². The lowest BCUT2D eigenvalue weighted by atomic mass is 10.0. The highest BCUT2D eigenvalue weighted by Crippen LogP contribution is 2.29. The molecule has 0 saturated heterocycles. The Kier molecular flexibility index (Phi) is 4.35. The van der Waals surface area contributed by atoms with Crippen LogP contribution in [0.25, 0.3) is 0 Å². The molecule has 6 nitrogen and oxygen atoms in total. The SMILES string of the molecule is O=[N+]([O-])c1ccccc1CC(c1ccccc1)S(=O)(=O)O. The number of nitro groups is 1. The van der Waals surface area contributed by atoms with Crippen molar-refractivity contribution in [1.82, 2.24) is 0 Å². The minimum atomic E-state index is -4.38. The van der Waals surface area contributed by atoms with Crippen molar-refractivity contribution in [3.63, 3.8) is 0 Å². The first-order valence-corrected chi connectivity index (χ1v) is 7.63. The minimum absolute atomic E-state index is 0.165. The van der Waals surface area contributed by atoms with E-state index in [0.29, 0.717) is 5.56 Å². The maximum atomic E-state index is 11.6. The highest BCUT2D eigenvalue weighted by molar-refractivity contribution is 7.86. The molecule has 0 radical (unpaired) electrons. The van der Waals surface area contributed by atoms with Crippen LogP contribution in [-0.2, 0) is 16.5 Å². The molecule has 0 saturated carbocycles. The number of hydrogen-bond acceptors (Lipinski definition) is 4. The largest absolute Gasteiger partial charge is 0.285 e. The summed E-state index contributed by atoms with van der Waals surface area (Å²) in [6, 6.07) is 14.0. The zero-order valence-electron chi connectivity index (χ0n) is 10.9. The predicted octanol–water partition coefficient (Wildman–Crippen LogP) is 2.77. The average molecular weight is 307 g/mol. The number of benzene rings is 2. The van der Waals surface area contributed by atoms with E-state index in [-0.39, 0.29) is 17.7 Å². The van der Waals surface area contributed by atoms with Gasteiger partial charge in [0.1, 0.15) is 5.25 Å². The fourth-order valence-corrected chi connectivity index (χ4v) is 3.02. The number of nitrogens with zero attached hydrogens (tertiary/aromatic N) is 1. The van der Waals surface area contributed by atoms with Crippen LogP contribution < -0.4 is 0 Å². The minimum Gasteiger partial charge on any atom is -0.285 e. The van der Waals surface area contributed by atoms with Gasteiger partial charge in [0.25, 0.3) is 15.8 Å². The van der Waals surface area contributed by atoms with E-state index in [9.17, 15) is 23.1 Å². The number of hydrogen-bond donors (Lipinski definition) is 1. The van der Waals surface area contributed by atoms with Crippen LogP contribution in [0.15, 0.2) is 54.6 Å². The van der Waals surface area contributed by atoms with Gasteiger partial charge in [0.05, 0.1) is 4.92 Å². The molecule has 2 rings (SSSR count). The molecule has 0 heterocycles. The molecular formula is C14H13NO5S. The molecule has 21 heavy (non-hydrogen) atoms. The zero-order chi connectivity index (χ0) is 15.5. The first kappa shape index (κ1) is 15.1. The highest BCUT2D eigenvalue weighted by Gasteiger charge is 2.28. The Morgan fingerprint density at radius 2 is 1.62 bits per heavy atom. The molecule has 0 aliphatic rings. The quantitative estimate of drug-likeness (QED) is 0.520. The molecule has 0 aliphatic carbocycles. The summed E-state index contributed by atoms with van der Waals surface area (Å²) in [5.74, 6) is 0. The number of para-hydroxylation sites is 1. The van der Waals surface area contributed by atoms with E-state index in [4.69, 9.17) is 0 Å². The van der Waals surface area contributed by atoms with Gasteiger partial charge in [-0.2, -0.15) is 8.42 Å². The molecule has 0 spiro atoms. The second kappa shape index (κ2) is 6.02. The Balaban J connectivity index is 2.45. The standard InChI is InChI=1S/C14H13NO5S/c16-15(17)13-9-5-4-8-12(13)10-14(21(18,19)20)11-6-2-1-3-7-11/h1-9,14H,10H2,(H,18,19,20). The van der Waals surface area contributed by atoms with Gasteiger partial charge in [0.15, 0.2) is 0 Å². The molecule has 2 aromatic carbocycles. The predicted molar refractivity (Wildman–Crippen MR) is 77.5 cm³/mol. The third kappa shape index (κ3) is 3.65. The van der Waals surface area contributed by atoms with Crippen molar-refractivity contribution >= 4 is 15.8 Å². The average Bonchev–Trinajstić information content (AvgIpc) is 2.44. The van der Waals surface area contributed by atoms with E-state index in [1.165, 1.54) is 18.2 Å². The third-order valence-electron chi connectivity index (χ3n) is 3.12. The summed E-state index contributed by atoms with van der Waals surface area (Å²) in [4.78, 5) is 10.4. The van der Waals surface area contributed by atoms with Gasteiger partial charge in [-0.05, 0) is 5.56 Å². The molecular weight excluding hydrogens is 294 g/mol. The third-order valence-corrected chi connectivity index (χ3v) is 4.28. The molecule has 2 aromatic rings. The van der Waals surface area contributed by atoms with Gasteiger partial charge in [-0.1, -0.05) is 48.5 Å². The van der Waals surface area contributed by atoms with E-state index in [1.54, 1.807) is 36.4 Å². The van der Waals surface area contributed by atoms with E-state index in [2.05, 4.69) is 0 Å². The van der Waals surface area contributed by atoms with Gasteiger partial charge in [0.2, 0.25) is 0 Å². The fraction of sp³-hybridized carbons (Fsp3) is 0.143. The highest BCUT2D eigenvalue weighted by atomic mass is 32.2. The van der Waals surface area contributed by atoms with Gasteiger partial charge < -0.3 is 0 Å². The van der Waals surface area contributed by atoms with Crippen LogP contribution in [0.5, 0.6) is 0 Å². The second-order valence-corrected chi connectivity index (χ2v) is 6.10. The van der Waals surface area contributed by atoms with Crippen molar-refractivity contribution in [2.75, 3.05) is 0 Å². The van der Waals surface area contributed by atoms with Crippen LogP contribution in [0, 0.1) is 10.1 Å². The van der Waals surface area contributed by atoms with Crippen molar-refractivity contribution in [2.45, 2.75) is 11.7 Å². The van der Waals surface area contributed by atoms with Crippen LogP contribution in [0.1, 0.15) is 16.4 Å². The molecule has 0 amide bonds. The Morgan fingerprint density at radius 3 is 2.19 bits per heavy atom. The van der Waals surface area contributed by atoms with Crippen LogP contribution in [0.3, 0.4) is 0 Å². The van der Waals surface area contributed by atoms with E-state index in [1.807, 2.05) is 0 Å². The summed E-state index contributed by atoms with van der Waals surface area (Å²) in [7, 11) is -4.38. The Morgan fingerprint density at radius 1 is 1.05 bits per heavy atom.